The maximum atomic E-state index is 13.5. The first kappa shape index (κ1) is 23.0. The molecule has 0 bridgehead atoms. The lowest BCUT2D eigenvalue weighted by Gasteiger charge is -2.19. The van der Waals surface area contributed by atoms with Gasteiger partial charge in [0.05, 0.1) is 16.1 Å². The summed E-state index contributed by atoms with van der Waals surface area (Å²) in [4.78, 5) is 13.6. The van der Waals surface area contributed by atoms with Crippen LogP contribution in [0.25, 0.3) is 10.9 Å². The molecule has 0 saturated heterocycles. The van der Waals surface area contributed by atoms with Crippen molar-refractivity contribution in [2.24, 2.45) is 7.05 Å². The van der Waals surface area contributed by atoms with E-state index in [2.05, 4.69) is 30.6 Å². The zero-order valence-electron chi connectivity index (χ0n) is 18.8. The van der Waals surface area contributed by atoms with Gasteiger partial charge >= 0.3 is 0 Å². The van der Waals surface area contributed by atoms with Gasteiger partial charge in [0.25, 0.3) is 10.0 Å². The molecule has 3 aromatic carbocycles. The molecule has 1 heterocycles. The molecule has 0 unspecified atom stereocenters. The Balaban J connectivity index is 1.74. The van der Waals surface area contributed by atoms with E-state index >= 15 is 0 Å². The summed E-state index contributed by atoms with van der Waals surface area (Å²) in [6, 6.07) is 18.5. The van der Waals surface area contributed by atoms with Crippen molar-refractivity contribution >= 4 is 44.0 Å². The lowest BCUT2D eigenvalue weighted by molar-refractivity contribution is 0.103. The highest BCUT2D eigenvalue weighted by Crippen LogP contribution is 2.29. The molecule has 0 spiro atoms. The van der Waals surface area contributed by atoms with Gasteiger partial charge < -0.3 is 0 Å². The second-order valence-electron chi connectivity index (χ2n) is 8.89. The summed E-state index contributed by atoms with van der Waals surface area (Å²) in [5.74, 6) is -0.421. The third-order valence-electron chi connectivity index (χ3n) is 5.47. The number of sulfonamides is 1. The molecular weight excluding hydrogens is 458 g/mol. The van der Waals surface area contributed by atoms with Crippen LogP contribution in [0, 0.1) is 0 Å². The molecular formula is C25H24ClN3O3S. The number of halogens is 1. The second-order valence-corrected chi connectivity index (χ2v) is 11.0. The van der Waals surface area contributed by atoms with E-state index < -0.39 is 15.8 Å². The average Bonchev–Trinajstić information content (AvgIpc) is 3.11. The molecule has 0 saturated carbocycles. The number of nitrogens with zero attached hydrogens (tertiary/aromatic N) is 2. The maximum Gasteiger partial charge on any atom is 0.261 e. The zero-order chi connectivity index (χ0) is 24.0. The van der Waals surface area contributed by atoms with Crippen LogP contribution < -0.4 is 4.72 Å². The summed E-state index contributed by atoms with van der Waals surface area (Å²) in [6.07, 6.45) is 0. The standard InChI is InChI=1S/C25H24ClN3O3S/c1-25(2,3)16-9-12-18(13-10-16)33(31,32)28-21-14-11-17(26)15-20(21)24(30)23-19-7-5-6-8-22(19)29(4)27-23/h5-15,28H,1-4H3. The predicted octanol–water partition coefficient (Wildman–Crippen LogP) is 5.56. The van der Waals surface area contributed by atoms with Crippen molar-refractivity contribution in [2.45, 2.75) is 31.1 Å². The number of anilines is 1. The predicted molar refractivity (Wildman–Crippen MR) is 132 cm³/mol. The highest BCUT2D eigenvalue weighted by atomic mass is 35.5. The number of fused-ring (bicyclic) bond motifs is 1. The van der Waals surface area contributed by atoms with E-state index in [1.807, 2.05) is 18.2 Å². The van der Waals surface area contributed by atoms with E-state index in [-0.39, 0.29) is 27.3 Å². The first-order valence-electron chi connectivity index (χ1n) is 10.4. The number of benzene rings is 3. The van der Waals surface area contributed by atoms with Crippen molar-refractivity contribution < 1.29 is 13.2 Å². The Morgan fingerprint density at radius 3 is 2.33 bits per heavy atom. The van der Waals surface area contributed by atoms with Gasteiger partial charge in [-0.25, -0.2) is 8.42 Å². The van der Waals surface area contributed by atoms with Crippen molar-refractivity contribution in [3.05, 3.63) is 88.6 Å². The van der Waals surface area contributed by atoms with E-state index in [1.165, 1.54) is 18.2 Å². The van der Waals surface area contributed by atoms with Crippen LogP contribution in [0.1, 0.15) is 42.4 Å². The molecule has 8 heteroatoms. The number of hydrogen-bond acceptors (Lipinski definition) is 4. The smallest absolute Gasteiger partial charge is 0.261 e. The molecule has 4 aromatic rings. The van der Waals surface area contributed by atoms with Crippen LogP contribution in [0.5, 0.6) is 0 Å². The first-order chi connectivity index (χ1) is 15.5. The van der Waals surface area contributed by atoms with Crippen LogP contribution in [0.15, 0.2) is 71.6 Å². The van der Waals surface area contributed by atoms with Gasteiger partial charge in [0.15, 0.2) is 0 Å². The summed E-state index contributed by atoms with van der Waals surface area (Å²) < 4.78 is 30.4. The number of aryl methyl sites for hydroxylation is 1. The van der Waals surface area contributed by atoms with Crippen molar-refractivity contribution in [3.8, 4) is 0 Å². The summed E-state index contributed by atoms with van der Waals surface area (Å²) in [6.45, 7) is 6.17. The minimum Gasteiger partial charge on any atom is -0.287 e. The fraction of sp³-hybridized carbons (Fsp3) is 0.200. The molecule has 0 aliphatic carbocycles. The Bertz CT molecular complexity index is 1470. The van der Waals surface area contributed by atoms with Crippen molar-refractivity contribution in [3.63, 3.8) is 0 Å². The van der Waals surface area contributed by atoms with Gasteiger partial charge in [-0.05, 0) is 47.4 Å². The maximum absolute atomic E-state index is 13.5. The minimum atomic E-state index is -3.93. The topological polar surface area (TPSA) is 81.1 Å². The third kappa shape index (κ3) is 4.51. The summed E-state index contributed by atoms with van der Waals surface area (Å²) in [5.41, 5.74) is 2.21. The molecule has 1 N–H and O–H groups in total. The number of ketones is 1. The second kappa shape index (κ2) is 8.32. The van der Waals surface area contributed by atoms with Gasteiger partial charge in [-0.2, -0.15) is 5.10 Å². The lowest BCUT2D eigenvalue weighted by Crippen LogP contribution is -2.17. The average molecular weight is 482 g/mol. The first-order valence-corrected chi connectivity index (χ1v) is 12.2. The lowest BCUT2D eigenvalue weighted by atomic mass is 9.87. The van der Waals surface area contributed by atoms with E-state index in [1.54, 1.807) is 42.1 Å². The number of hydrogen-bond donors (Lipinski definition) is 1. The monoisotopic (exact) mass is 481 g/mol. The molecule has 6 nitrogen and oxygen atoms in total. The fourth-order valence-electron chi connectivity index (χ4n) is 3.64. The summed E-state index contributed by atoms with van der Waals surface area (Å²) in [7, 11) is -2.18. The van der Waals surface area contributed by atoms with Gasteiger partial charge in [-0.3, -0.25) is 14.2 Å². The number of rotatable bonds is 5. The van der Waals surface area contributed by atoms with E-state index in [4.69, 9.17) is 11.6 Å². The Labute approximate surface area is 198 Å². The zero-order valence-corrected chi connectivity index (χ0v) is 20.3. The Morgan fingerprint density at radius 1 is 1.00 bits per heavy atom. The Kier molecular flexibility index (Phi) is 5.80. The van der Waals surface area contributed by atoms with E-state index in [9.17, 15) is 13.2 Å². The van der Waals surface area contributed by atoms with Crippen LogP contribution in [-0.4, -0.2) is 24.0 Å². The number of nitrogens with one attached hydrogen (secondary N) is 1. The molecule has 0 aliphatic heterocycles. The summed E-state index contributed by atoms with van der Waals surface area (Å²) in [5, 5.41) is 5.36. The molecule has 0 atom stereocenters. The van der Waals surface area contributed by atoms with Gasteiger partial charge in [-0.15, -0.1) is 0 Å². The van der Waals surface area contributed by atoms with Crippen LogP contribution in [0.2, 0.25) is 5.02 Å². The Morgan fingerprint density at radius 2 is 1.67 bits per heavy atom. The molecule has 0 radical (unpaired) electrons. The van der Waals surface area contributed by atoms with Crippen LogP contribution in [-0.2, 0) is 22.5 Å². The van der Waals surface area contributed by atoms with Crippen LogP contribution in [0.3, 0.4) is 0 Å². The van der Waals surface area contributed by atoms with Crippen molar-refractivity contribution in [2.75, 3.05) is 4.72 Å². The van der Waals surface area contributed by atoms with Crippen molar-refractivity contribution in [1.82, 2.24) is 9.78 Å². The number of carbonyl (C=O) groups is 1. The molecule has 170 valence electrons. The summed E-state index contributed by atoms with van der Waals surface area (Å²) >= 11 is 6.17. The molecule has 33 heavy (non-hydrogen) atoms. The third-order valence-corrected chi connectivity index (χ3v) is 7.09. The minimum absolute atomic E-state index is 0.100. The molecule has 0 fully saturated rings. The van der Waals surface area contributed by atoms with Gasteiger partial charge in [-0.1, -0.05) is 62.7 Å². The Hall–Kier alpha value is -3.16. The molecule has 4 rings (SSSR count). The van der Waals surface area contributed by atoms with Crippen LogP contribution in [0.4, 0.5) is 5.69 Å². The molecule has 1 aromatic heterocycles. The van der Waals surface area contributed by atoms with Gasteiger partial charge in [0.2, 0.25) is 5.78 Å². The normalized spacial score (nSPS) is 12.2. The highest BCUT2D eigenvalue weighted by molar-refractivity contribution is 7.92. The van der Waals surface area contributed by atoms with Gasteiger partial charge in [0, 0.05) is 23.0 Å². The molecule has 0 amide bonds. The van der Waals surface area contributed by atoms with E-state index in [0.717, 1.165) is 11.1 Å². The van der Waals surface area contributed by atoms with Gasteiger partial charge in [0.1, 0.15) is 5.69 Å². The van der Waals surface area contributed by atoms with Crippen molar-refractivity contribution in [1.29, 1.82) is 0 Å². The van der Waals surface area contributed by atoms with E-state index in [0.29, 0.717) is 10.4 Å². The number of carbonyl (C=O) groups excluding carboxylic acids is 1. The number of para-hydroxylation sites is 1. The largest absolute Gasteiger partial charge is 0.287 e. The van der Waals surface area contributed by atoms with Crippen LogP contribution >= 0.6 is 11.6 Å². The fourth-order valence-corrected chi connectivity index (χ4v) is 4.89. The highest BCUT2D eigenvalue weighted by Gasteiger charge is 2.24. The number of aromatic nitrogens is 2. The quantitative estimate of drug-likeness (QED) is 0.378. The molecule has 0 aliphatic rings. The SMILES string of the molecule is Cn1nc(C(=O)c2cc(Cl)ccc2NS(=O)(=O)c2ccc(C(C)(C)C)cc2)c2ccccc21.